The summed E-state index contributed by atoms with van der Waals surface area (Å²) in [6.07, 6.45) is 5.85. The van der Waals surface area contributed by atoms with Crippen molar-refractivity contribution in [2.75, 3.05) is 26.2 Å². The quantitative estimate of drug-likeness (QED) is 0.825. The molecule has 2 heterocycles. The molecule has 3 nitrogen and oxygen atoms in total. The number of nitrogens with zero attached hydrogens (tertiary/aromatic N) is 1. The van der Waals surface area contributed by atoms with Crippen LogP contribution in [0.25, 0.3) is 0 Å². The number of nitrogens with one attached hydrogen (secondary N) is 1. The number of hydrogen-bond acceptors (Lipinski definition) is 3. The molecule has 3 heteroatoms. The number of hydrogen-bond donors (Lipinski definition) is 2. The summed E-state index contributed by atoms with van der Waals surface area (Å²) in [5.74, 6) is 0. The highest BCUT2D eigenvalue weighted by molar-refractivity contribution is 5.39. The Morgan fingerprint density at radius 2 is 1.95 bits per heavy atom. The highest BCUT2D eigenvalue weighted by Crippen LogP contribution is 2.46. The molecule has 0 aromatic heterocycles. The largest absolute Gasteiger partial charge is 0.391 e. The van der Waals surface area contributed by atoms with E-state index in [-0.39, 0.29) is 6.10 Å². The smallest absolute Gasteiger partial charge is 0.0719 e. The van der Waals surface area contributed by atoms with Crippen LogP contribution in [0.15, 0.2) is 24.3 Å². The van der Waals surface area contributed by atoms with E-state index in [0.29, 0.717) is 11.5 Å². The van der Waals surface area contributed by atoms with Gasteiger partial charge in [-0.3, -0.25) is 4.90 Å². The molecule has 2 atom stereocenters. The zero-order chi connectivity index (χ0) is 14.3. The van der Waals surface area contributed by atoms with E-state index in [0.717, 1.165) is 32.6 Å². The SMILES string of the molecule is O[C@@H]1CCNC[C@H]1N1CCC2(CCc3ccccc32)CC1. The van der Waals surface area contributed by atoms with Gasteiger partial charge in [-0.05, 0) is 68.3 Å². The van der Waals surface area contributed by atoms with Gasteiger partial charge < -0.3 is 10.4 Å². The van der Waals surface area contributed by atoms with Crippen LogP contribution < -0.4 is 5.32 Å². The van der Waals surface area contributed by atoms with E-state index in [1.165, 1.54) is 25.7 Å². The molecule has 3 aliphatic rings. The molecule has 21 heavy (non-hydrogen) atoms. The average Bonchev–Trinajstić information content (AvgIpc) is 2.88. The van der Waals surface area contributed by atoms with Crippen molar-refractivity contribution in [3.05, 3.63) is 35.4 Å². The molecule has 2 aliphatic heterocycles. The molecule has 1 spiro atoms. The Labute approximate surface area is 127 Å². The van der Waals surface area contributed by atoms with E-state index in [9.17, 15) is 5.11 Å². The monoisotopic (exact) mass is 286 g/mol. The summed E-state index contributed by atoms with van der Waals surface area (Å²) in [6, 6.07) is 9.37. The zero-order valence-corrected chi connectivity index (χ0v) is 12.7. The molecule has 2 fully saturated rings. The summed E-state index contributed by atoms with van der Waals surface area (Å²) in [5.41, 5.74) is 3.62. The van der Waals surface area contributed by atoms with Crippen molar-refractivity contribution in [3.8, 4) is 0 Å². The fraction of sp³-hybridized carbons (Fsp3) is 0.667. The molecule has 1 aliphatic carbocycles. The van der Waals surface area contributed by atoms with Gasteiger partial charge in [-0.2, -0.15) is 0 Å². The van der Waals surface area contributed by atoms with Gasteiger partial charge in [-0.25, -0.2) is 0 Å². The van der Waals surface area contributed by atoms with Crippen LogP contribution in [0.3, 0.4) is 0 Å². The molecule has 0 saturated carbocycles. The first-order valence-corrected chi connectivity index (χ1v) is 8.50. The minimum absolute atomic E-state index is 0.142. The molecule has 0 radical (unpaired) electrons. The van der Waals surface area contributed by atoms with Gasteiger partial charge in [0.2, 0.25) is 0 Å². The lowest BCUT2D eigenvalue weighted by Crippen LogP contribution is -2.57. The number of piperidine rings is 2. The molecule has 0 unspecified atom stereocenters. The number of likely N-dealkylation sites (tertiary alicyclic amines) is 1. The Morgan fingerprint density at radius 1 is 1.14 bits per heavy atom. The lowest BCUT2D eigenvalue weighted by Gasteiger charge is -2.45. The summed E-state index contributed by atoms with van der Waals surface area (Å²) in [5, 5.41) is 13.7. The summed E-state index contributed by atoms with van der Waals surface area (Å²) in [7, 11) is 0. The molecular formula is C18H26N2O. The van der Waals surface area contributed by atoms with Gasteiger partial charge in [0.1, 0.15) is 0 Å². The van der Waals surface area contributed by atoms with Gasteiger partial charge in [0.05, 0.1) is 6.10 Å². The summed E-state index contributed by atoms with van der Waals surface area (Å²) in [6.45, 7) is 4.18. The summed E-state index contributed by atoms with van der Waals surface area (Å²) < 4.78 is 0. The lowest BCUT2D eigenvalue weighted by atomic mass is 9.73. The van der Waals surface area contributed by atoms with E-state index in [1.807, 2.05) is 0 Å². The molecule has 2 N–H and O–H groups in total. The normalized spacial score (nSPS) is 32.2. The predicted molar refractivity (Wildman–Crippen MR) is 84.5 cm³/mol. The summed E-state index contributed by atoms with van der Waals surface area (Å²) >= 11 is 0. The van der Waals surface area contributed by atoms with Gasteiger partial charge in [0.25, 0.3) is 0 Å². The number of aryl methyl sites for hydroxylation is 1. The number of aliphatic hydroxyl groups is 1. The Balaban J connectivity index is 1.48. The molecule has 0 amide bonds. The van der Waals surface area contributed by atoms with Crippen LogP contribution >= 0.6 is 0 Å². The maximum atomic E-state index is 10.3. The minimum Gasteiger partial charge on any atom is -0.391 e. The van der Waals surface area contributed by atoms with Gasteiger partial charge in [0.15, 0.2) is 0 Å². The Bertz CT molecular complexity index is 508. The molecule has 114 valence electrons. The third-order valence-corrected chi connectivity index (χ3v) is 6.10. The topological polar surface area (TPSA) is 35.5 Å². The predicted octanol–water partition coefficient (Wildman–Crippen LogP) is 1.69. The maximum Gasteiger partial charge on any atom is 0.0719 e. The minimum atomic E-state index is -0.142. The molecule has 2 saturated heterocycles. The molecule has 4 rings (SSSR count). The van der Waals surface area contributed by atoms with E-state index in [4.69, 9.17) is 0 Å². The zero-order valence-electron chi connectivity index (χ0n) is 12.7. The molecule has 0 bridgehead atoms. The maximum absolute atomic E-state index is 10.3. The Kier molecular flexibility index (Phi) is 3.52. The van der Waals surface area contributed by atoms with E-state index in [1.54, 1.807) is 11.1 Å². The van der Waals surface area contributed by atoms with Crippen molar-refractivity contribution in [2.24, 2.45) is 0 Å². The fourth-order valence-corrected chi connectivity index (χ4v) is 4.77. The van der Waals surface area contributed by atoms with Crippen LogP contribution in [0.5, 0.6) is 0 Å². The van der Waals surface area contributed by atoms with E-state index < -0.39 is 0 Å². The number of fused-ring (bicyclic) bond motifs is 2. The highest BCUT2D eigenvalue weighted by Gasteiger charge is 2.42. The number of benzene rings is 1. The van der Waals surface area contributed by atoms with Crippen LogP contribution in [0, 0.1) is 0 Å². The standard InChI is InChI=1S/C18H26N2O/c21-17-6-10-19-13-16(17)20-11-8-18(9-12-20)7-5-14-3-1-2-4-15(14)18/h1-4,16-17,19,21H,5-13H2/t16-,17-/m1/s1. The number of rotatable bonds is 1. The second-order valence-corrected chi connectivity index (χ2v) is 7.10. The fourth-order valence-electron chi connectivity index (χ4n) is 4.77. The van der Waals surface area contributed by atoms with Crippen molar-refractivity contribution in [1.82, 2.24) is 10.2 Å². The molecular weight excluding hydrogens is 260 g/mol. The molecule has 1 aromatic carbocycles. The first kappa shape index (κ1) is 13.7. The van der Waals surface area contributed by atoms with Gasteiger partial charge in [-0.1, -0.05) is 24.3 Å². The third kappa shape index (κ3) is 2.32. The van der Waals surface area contributed by atoms with Crippen LogP contribution in [-0.2, 0) is 11.8 Å². The van der Waals surface area contributed by atoms with E-state index in [2.05, 4.69) is 34.5 Å². The van der Waals surface area contributed by atoms with Crippen molar-refractivity contribution in [1.29, 1.82) is 0 Å². The van der Waals surface area contributed by atoms with Crippen molar-refractivity contribution in [2.45, 2.75) is 49.7 Å². The second kappa shape index (κ2) is 5.38. The Hall–Kier alpha value is -0.900. The van der Waals surface area contributed by atoms with E-state index >= 15 is 0 Å². The lowest BCUT2D eigenvalue weighted by molar-refractivity contribution is 0.00718. The van der Waals surface area contributed by atoms with Gasteiger partial charge >= 0.3 is 0 Å². The average molecular weight is 286 g/mol. The van der Waals surface area contributed by atoms with Crippen molar-refractivity contribution >= 4 is 0 Å². The van der Waals surface area contributed by atoms with Crippen LogP contribution in [0.4, 0.5) is 0 Å². The van der Waals surface area contributed by atoms with Gasteiger partial charge in [0, 0.05) is 12.6 Å². The van der Waals surface area contributed by atoms with Crippen molar-refractivity contribution < 1.29 is 5.11 Å². The first-order valence-electron chi connectivity index (χ1n) is 8.50. The highest BCUT2D eigenvalue weighted by atomic mass is 16.3. The summed E-state index contributed by atoms with van der Waals surface area (Å²) in [4.78, 5) is 2.53. The Morgan fingerprint density at radius 3 is 2.76 bits per heavy atom. The third-order valence-electron chi connectivity index (χ3n) is 6.10. The second-order valence-electron chi connectivity index (χ2n) is 7.10. The van der Waals surface area contributed by atoms with Crippen LogP contribution in [-0.4, -0.2) is 48.3 Å². The van der Waals surface area contributed by atoms with Crippen molar-refractivity contribution in [3.63, 3.8) is 0 Å². The van der Waals surface area contributed by atoms with Crippen LogP contribution in [0.1, 0.15) is 36.8 Å². The van der Waals surface area contributed by atoms with Crippen LogP contribution in [0.2, 0.25) is 0 Å². The molecule has 1 aromatic rings. The van der Waals surface area contributed by atoms with Gasteiger partial charge in [-0.15, -0.1) is 0 Å². The first-order chi connectivity index (χ1) is 10.3. The number of aliphatic hydroxyl groups excluding tert-OH is 1.